The van der Waals surface area contributed by atoms with E-state index in [2.05, 4.69) is 53.6 Å². The number of thioether (sulfide) groups is 2. The van der Waals surface area contributed by atoms with Gasteiger partial charge in [0.1, 0.15) is 59.7 Å². The number of benzene rings is 4. The summed E-state index contributed by atoms with van der Waals surface area (Å²) in [6, 6.07) is 18.1. The van der Waals surface area contributed by atoms with E-state index in [1.54, 1.807) is 91.1 Å². The zero-order valence-electron chi connectivity index (χ0n) is 54.6. The molecule has 8 rings (SSSR count). The molecule has 3 aliphatic heterocycles. The Hall–Kier alpha value is -7.97. The molecule has 3 aliphatic rings. The lowest BCUT2D eigenvalue weighted by molar-refractivity contribution is -0.145. The highest BCUT2D eigenvalue weighted by Crippen LogP contribution is 2.31. The lowest BCUT2D eigenvalue weighted by Gasteiger charge is -2.37. The maximum atomic E-state index is 15.2. The van der Waals surface area contributed by atoms with Crippen LogP contribution in [0.4, 0.5) is 4.39 Å². The SMILES string of the molecule is COc1ccc(C[C@@H]2NC[C@H]([C@@H](C)O)NC(=O)[C@@H]3CCC/C=C/COc4cccc(c4)C[C@H](NC(=O)[C@@H](C)NC(=O)[C@H](CCCCN)NC(=O)CCSCc4cccc(c4)CSCCNC(=O)[C@]4(C)CCCN4C2=O)C(=O)N[C@@H](Cc2c[nH]c4ccc(F)cc24)C(=O)N3)cc1. The number of hydrogen-bond donors (Lipinski definition) is 11. The quantitative estimate of drug-likeness (QED) is 0.0653. The number of ether oxygens (including phenoxy) is 2. The smallest absolute Gasteiger partial charge is 0.245 e. The molecular weight excluding hydrogens is 1250 g/mol. The first-order valence-electron chi connectivity index (χ1n) is 32.8. The summed E-state index contributed by atoms with van der Waals surface area (Å²) in [4.78, 5) is 121. The topological polar surface area (TPSA) is 317 Å². The molecule has 0 saturated carbocycles. The van der Waals surface area contributed by atoms with Crippen molar-refractivity contribution in [2.45, 2.75) is 163 Å². The third-order valence-electron chi connectivity index (χ3n) is 17.4. The summed E-state index contributed by atoms with van der Waals surface area (Å²) in [5.41, 5.74) is 9.14. The Bertz CT molecular complexity index is 3460. The summed E-state index contributed by atoms with van der Waals surface area (Å²) < 4.78 is 26.5. The van der Waals surface area contributed by atoms with Crippen molar-refractivity contribution >= 4 is 81.7 Å². The van der Waals surface area contributed by atoms with Crippen LogP contribution in [0.1, 0.15) is 106 Å². The summed E-state index contributed by atoms with van der Waals surface area (Å²) in [7, 11) is 1.56. The highest BCUT2D eigenvalue weighted by atomic mass is 32.2. The van der Waals surface area contributed by atoms with Crippen LogP contribution in [0.2, 0.25) is 0 Å². The number of carbonyl (C=O) groups is 8. The first-order chi connectivity index (χ1) is 45.8. The first-order valence-corrected chi connectivity index (χ1v) is 35.1. The van der Waals surface area contributed by atoms with Gasteiger partial charge in [-0.05, 0) is 155 Å². The molecule has 0 radical (unpaired) electrons. The molecule has 1 saturated heterocycles. The lowest BCUT2D eigenvalue weighted by Crippen LogP contribution is -2.62. The maximum absolute atomic E-state index is 15.2. The summed E-state index contributed by atoms with van der Waals surface area (Å²) >= 11 is 3.23. The number of nitrogens with zero attached hydrogens (tertiary/aromatic N) is 1. The number of methoxy groups -OCH3 is 1. The van der Waals surface area contributed by atoms with Crippen molar-refractivity contribution in [2.24, 2.45) is 5.73 Å². The Morgan fingerprint density at radius 1 is 0.758 bits per heavy atom. The number of allylic oxidation sites excluding steroid dienone is 1. The number of nitrogens with two attached hydrogens (primary N) is 1. The summed E-state index contributed by atoms with van der Waals surface area (Å²) in [5.74, 6) is -1.74. The normalized spacial score (nSPS) is 25.1. The Kier molecular flexibility index (Phi) is 27.8. The number of rotatable bonds is 10. The number of aliphatic hydroxyl groups is 1. The molecule has 1 fully saturated rings. The number of unbranched alkanes of at least 4 members (excludes halogenated alkanes) is 1. The maximum Gasteiger partial charge on any atom is 0.245 e. The zero-order valence-corrected chi connectivity index (χ0v) is 56.2. The monoisotopic (exact) mass is 1350 g/mol. The van der Waals surface area contributed by atoms with Crippen molar-refractivity contribution in [1.29, 1.82) is 0 Å². The number of H-pyrrole nitrogens is 1. The van der Waals surface area contributed by atoms with E-state index in [1.807, 2.05) is 42.5 Å². The van der Waals surface area contributed by atoms with Gasteiger partial charge in [0.05, 0.1) is 25.3 Å². The molecule has 4 aromatic carbocycles. The van der Waals surface area contributed by atoms with Crippen LogP contribution >= 0.6 is 23.5 Å². The van der Waals surface area contributed by atoms with Crippen LogP contribution in [0.5, 0.6) is 11.5 Å². The molecule has 95 heavy (non-hydrogen) atoms. The van der Waals surface area contributed by atoms with Gasteiger partial charge in [0, 0.05) is 79.0 Å². The standard InChI is InChI=1S/C70H92FN11O11S2/c1-44-63(85)79-58-37-47-14-12-17-53(35-47)93-31-10-6-5-7-18-57(78-67(89)59(80-66(58)88)38-50-40-74-55-25-22-51(71)39-54(50)55)65(87)81-61(45(2)83)41-75-60(36-46-20-23-52(92-4)24-21-46)68(90)82-30-13-27-70(82,3)69(91)73-29-33-95-43-49-16-11-15-48(34-49)42-94-32-26-62(84)77-56(64(86)76-44)19-8-9-28-72/h6,10-12,14-17,20-25,34-35,39-40,44-45,56-61,74-75,83H,5,7-9,13,18-19,26-33,36-38,41-43,72H2,1-4H3,(H,73,91)(H,76,86)(H,77,84)(H,78,89)(H,79,85)(H,80,88)(H,81,87)/b10-6+/t44-,45-,56+,57+,58+,59+,60+,61-,70+/m1/s1. The molecule has 0 spiro atoms. The van der Waals surface area contributed by atoms with Gasteiger partial charge in [0.2, 0.25) is 47.3 Å². The number of nitrogens with one attached hydrogen (secondary N) is 9. The number of aliphatic hydroxyl groups excluding tert-OH is 1. The van der Waals surface area contributed by atoms with Gasteiger partial charge in [-0.1, -0.05) is 60.7 Å². The van der Waals surface area contributed by atoms with Crippen LogP contribution in [0, 0.1) is 5.82 Å². The average Bonchev–Trinajstić information content (AvgIpc) is 1.69. The zero-order chi connectivity index (χ0) is 67.9. The van der Waals surface area contributed by atoms with E-state index < -0.39 is 89.3 Å². The molecule has 1 aromatic heterocycles. The van der Waals surface area contributed by atoms with Crippen molar-refractivity contribution in [3.05, 3.63) is 143 Å². The van der Waals surface area contributed by atoms with Crippen LogP contribution in [-0.4, -0.2) is 168 Å². The number of hydrogen-bond acceptors (Lipinski definition) is 15. The van der Waals surface area contributed by atoms with E-state index >= 15 is 14.4 Å². The number of aromatic nitrogens is 1. The van der Waals surface area contributed by atoms with Crippen molar-refractivity contribution < 1.29 is 57.3 Å². The number of halogens is 1. The minimum absolute atomic E-state index is 0.0728. The number of carbonyl (C=O) groups excluding carboxylic acids is 8. The van der Waals surface area contributed by atoms with E-state index in [9.17, 15) is 33.5 Å². The second kappa shape index (κ2) is 36.2. The van der Waals surface area contributed by atoms with E-state index in [4.69, 9.17) is 15.2 Å². The minimum Gasteiger partial charge on any atom is -0.497 e. The van der Waals surface area contributed by atoms with Crippen molar-refractivity contribution in [3.8, 4) is 11.5 Å². The predicted molar refractivity (Wildman–Crippen MR) is 367 cm³/mol. The molecule has 8 amide bonds. The third-order valence-corrected chi connectivity index (χ3v) is 19.5. The lowest BCUT2D eigenvalue weighted by atomic mass is 9.95. The van der Waals surface area contributed by atoms with Crippen LogP contribution in [-0.2, 0) is 69.1 Å². The first kappa shape index (κ1) is 72.9. The van der Waals surface area contributed by atoms with Crippen LogP contribution in [0.15, 0.2) is 109 Å². The molecule has 12 N–H and O–H groups in total. The Morgan fingerprint density at radius 2 is 1.48 bits per heavy atom. The van der Waals surface area contributed by atoms with Gasteiger partial charge in [0.25, 0.3) is 0 Å². The van der Waals surface area contributed by atoms with Crippen molar-refractivity contribution in [1.82, 2.24) is 52.4 Å². The highest BCUT2D eigenvalue weighted by Gasteiger charge is 2.47. The van der Waals surface area contributed by atoms with E-state index in [0.717, 1.165) is 16.7 Å². The Morgan fingerprint density at radius 3 is 2.24 bits per heavy atom. The molecular formula is C70H92FN11O11S2. The summed E-state index contributed by atoms with van der Waals surface area (Å²) in [6.07, 6.45) is 7.27. The fraction of sp³-hybridized carbons (Fsp3) is 0.486. The molecule has 5 aromatic rings. The fourth-order valence-electron chi connectivity index (χ4n) is 11.9. The van der Waals surface area contributed by atoms with Crippen LogP contribution in [0.25, 0.3) is 10.9 Å². The molecule has 0 aliphatic carbocycles. The fourth-order valence-corrected chi connectivity index (χ4v) is 13.6. The summed E-state index contributed by atoms with van der Waals surface area (Å²) in [6.45, 7) is 5.79. The minimum atomic E-state index is -1.47. The van der Waals surface area contributed by atoms with Crippen molar-refractivity contribution in [2.75, 3.05) is 51.4 Å². The van der Waals surface area contributed by atoms with Gasteiger partial charge < -0.3 is 72.7 Å². The predicted octanol–water partition coefficient (Wildman–Crippen LogP) is 4.93. The molecule has 0 unspecified atom stereocenters. The number of amides is 8. The van der Waals surface area contributed by atoms with Crippen LogP contribution in [0.3, 0.4) is 0 Å². The van der Waals surface area contributed by atoms with Gasteiger partial charge in [-0.15, -0.1) is 0 Å². The number of fused-ring (bicyclic) bond motifs is 12. The van der Waals surface area contributed by atoms with Crippen LogP contribution < -0.4 is 57.7 Å². The third kappa shape index (κ3) is 21.5. The van der Waals surface area contributed by atoms with E-state index in [0.29, 0.717) is 115 Å². The average molecular weight is 1350 g/mol. The second-order valence-electron chi connectivity index (χ2n) is 24.8. The Balaban J connectivity index is 1.12. The number of aromatic amines is 1. The van der Waals surface area contributed by atoms with Gasteiger partial charge in [-0.2, -0.15) is 23.5 Å². The van der Waals surface area contributed by atoms with Gasteiger partial charge >= 0.3 is 0 Å². The van der Waals surface area contributed by atoms with Gasteiger partial charge in [-0.3, -0.25) is 38.4 Å². The van der Waals surface area contributed by atoms with E-state index in [-0.39, 0.29) is 69.4 Å². The molecule has 6 bridgehead atoms. The van der Waals surface area contributed by atoms with Gasteiger partial charge in [-0.25, -0.2) is 4.39 Å². The van der Waals surface area contributed by atoms with E-state index in [1.165, 1.54) is 26.0 Å². The Labute approximate surface area is 563 Å². The molecule has 9 atom stereocenters. The molecule has 25 heteroatoms. The van der Waals surface area contributed by atoms with Crippen molar-refractivity contribution in [3.63, 3.8) is 0 Å². The molecule has 512 valence electrons. The second-order valence-corrected chi connectivity index (χ2v) is 27.0. The highest BCUT2D eigenvalue weighted by molar-refractivity contribution is 7.98. The summed E-state index contributed by atoms with van der Waals surface area (Å²) in [5, 5.41) is 35.4. The molecule has 4 heterocycles. The van der Waals surface area contributed by atoms with Gasteiger partial charge in [0.15, 0.2) is 0 Å². The molecule has 22 nitrogen and oxygen atoms in total. The largest absolute Gasteiger partial charge is 0.497 e.